The Kier molecular flexibility index (Phi) is 4.87. The second-order valence-electron chi connectivity index (χ2n) is 5.21. The minimum absolute atomic E-state index is 0.00187. The fourth-order valence-corrected chi connectivity index (χ4v) is 4.50. The Labute approximate surface area is 144 Å². The van der Waals surface area contributed by atoms with Gasteiger partial charge in [-0.15, -0.1) is 0 Å². The Morgan fingerprint density at radius 3 is 2.87 bits per heavy atom. The smallest absolute Gasteiger partial charge is 0.236 e. The lowest BCUT2D eigenvalue weighted by Crippen LogP contribution is -2.31. The molecule has 0 radical (unpaired) electrons. The molecular weight excluding hydrogens is 383 g/mol. The van der Waals surface area contributed by atoms with Gasteiger partial charge < -0.3 is 4.90 Å². The second kappa shape index (κ2) is 6.88. The van der Waals surface area contributed by atoms with Crippen LogP contribution < -0.4 is 0 Å². The van der Waals surface area contributed by atoms with E-state index in [1.807, 2.05) is 18.2 Å². The van der Waals surface area contributed by atoms with E-state index < -0.39 is 16.2 Å². The first-order valence-electron chi connectivity index (χ1n) is 7.08. The zero-order valence-electron chi connectivity index (χ0n) is 12.1. The molecule has 1 fully saturated rings. The number of benzene rings is 1. The number of amides is 1. The number of hydrogen-bond donors (Lipinski definition) is 0. The van der Waals surface area contributed by atoms with Crippen molar-refractivity contribution in [3.63, 3.8) is 0 Å². The maximum absolute atomic E-state index is 13.4. The molecule has 2 atom stereocenters. The topological polar surface area (TPSA) is 50.3 Å². The van der Waals surface area contributed by atoms with Gasteiger partial charge in [0.25, 0.3) is 0 Å². The minimum atomic E-state index is -1.33. The third-order valence-electron chi connectivity index (χ3n) is 3.68. The predicted molar refractivity (Wildman–Crippen MR) is 89.5 cm³/mol. The Hall–Kier alpha value is -1.60. The van der Waals surface area contributed by atoms with Crippen molar-refractivity contribution >= 4 is 32.6 Å². The molecule has 1 aliphatic rings. The van der Waals surface area contributed by atoms with Gasteiger partial charge in [0.15, 0.2) is 0 Å². The molecule has 0 saturated carbocycles. The van der Waals surface area contributed by atoms with Gasteiger partial charge in [0, 0.05) is 24.9 Å². The van der Waals surface area contributed by atoms with Gasteiger partial charge in [-0.05, 0) is 45.8 Å². The Bertz CT molecular complexity index is 757. The van der Waals surface area contributed by atoms with E-state index >= 15 is 0 Å². The first-order chi connectivity index (χ1) is 11.1. The molecule has 2 heterocycles. The number of pyridine rings is 1. The third-order valence-corrected chi connectivity index (χ3v) is 5.85. The molecule has 0 N–H and O–H groups in total. The van der Waals surface area contributed by atoms with Gasteiger partial charge in [-0.3, -0.25) is 14.0 Å². The van der Waals surface area contributed by atoms with Crippen LogP contribution in [0.4, 0.5) is 4.39 Å². The summed E-state index contributed by atoms with van der Waals surface area (Å²) in [4.78, 5) is 18.0. The van der Waals surface area contributed by atoms with Crippen molar-refractivity contribution in [2.45, 2.75) is 11.8 Å². The van der Waals surface area contributed by atoms with Crippen LogP contribution in [0.3, 0.4) is 0 Å². The molecule has 1 saturated heterocycles. The standard InChI is InChI=1S/C16H14BrFN2O2S/c17-13-9-11(4-5-14(13)18)16-20(15(21)10-23(16)22)8-6-12-3-1-2-7-19-12/h1-5,7,9,16H,6,8,10H2. The van der Waals surface area contributed by atoms with Gasteiger partial charge in [-0.1, -0.05) is 12.1 Å². The van der Waals surface area contributed by atoms with Crippen LogP contribution in [0.25, 0.3) is 0 Å². The highest BCUT2D eigenvalue weighted by molar-refractivity contribution is 9.10. The van der Waals surface area contributed by atoms with Crippen LogP contribution in [0, 0.1) is 5.82 Å². The molecule has 1 amide bonds. The van der Waals surface area contributed by atoms with Gasteiger partial charge in [0.2, 0.25) is 5.91 Å². The lowest BCUT2D eigenvalue weighted by Gasteiger charge is -2.24. The first kappa shape index (κ1) is 16.3. The molecule has 2 unspecified atom stereocenters. The van der Waals surface area contributed by atoms with Gasteiger partial charge in [-0.25, -0.2) is 4.39 Å². The van der Waals surface area contributed by atoms with E-state index in [0.29, 0.717) is 23.0 Å². The molecule has 1 aliphatic heterocycles. The highest BCUT2D eigenvalue weighted by atomic mass is 79.9. The van der Waals surface area contributed by atoms with Crippen LogP contribution in [-0.2, 0) is 22.0 Å². The Balaban J connectivity index is 1.83. The molecule has 1 aromatic carbocycles. The van der Waals surface area contributed by atoms with E-state index in [4.69, 9.17) is 0 Å². The van der Waals surface area contributed by atoms with Crippen molar-refractivity contribution < 1.29 is 13.4 Å². The number of nitrogens with zero attached hydrogens (tertiary/aromatic N) is 2. The van der Waals surface area contributed by atoms with Crippen molar-refractivity contribution in [3.8, 4) is 0 Å². The Morgan fingerprint density at radius 1 is 1.35 bits per heavy atom. The van der Waals surface area contributed by atoms with Crippen molar-refractivity contribution in [1.29, 1.82) is 0 Å². The molecule has 7 heteroatoms. The molecule has 3 rings (SSSR count). The van der Waals surface area contributed by atoms with E-state index in [1.54, 1.807) is 23.2 Å². The van der Waals surface area contributed by atoms with Crippen LogP contribution in [0.15, 0.2) is 47.1 Å². The Morgan fingerprint density at radius 2 is 2.17 bits per heavy atom. The molecule has 0 bridgehead atoms. The average molecular weight is 397 g/mol. The number of rotatable bonds is 4. The van der Waals surface area contributed by atoms with E-state index in [0.717, 1.165) is 5.69 Å². The minimum Gasteiger partial charge on any atom is -0.323 e. The molecule has 0 aliphatic carbocycles. The highest BCUT2D eigenvalue weighted by Crippen LogP contribution is 2.32. The monoisotopic (exact) mass is 396 g/mol. The summed E-state index contributed by atoms with van der Waals surface area (Å²) < 4.78 is 26.0. The lowest BCUT2D eigenvalue weighted by molar-refractivity contribution is -0.128. The first-order valence-corrected chi connectivity index (χ1v) is 9.25. The van der Waals surface area contributed by atoms with E-state index in [-0.39, 0.29) is 17.5 Å². The fourth-order valence-electron chi connectivity index (χ4n) is 2.58. The number of hydrogen-bond acceptors (Lipinski definition) is 3. The number of carbonyl (C=O) groups excluding carboxylic acids is 1. The summed E-state index contributed by atoms with van der Waals surface area (Å²) in [5, 5.41) is -0.539. The molecule has 120 valence electrons. The number of carbonyl (C=O) groups is 1. The molecular formula is C16H14BrFN2O2S. The zero-order chi connectivity index (χ0) is 16.4. The molecule has 4 nitrogen and oxygen atoms in total. The van der Waals surface area contributed by atoms with Crippen LogP contribution in [0.2, 0.25) is 0 Å². The molecule has 1 aromatic heterocycles. The number of aromatic nitrogens is 1. The normalized spacial score (nSPS) is 21.0. The molecule has 2 aromatic rings. The highest BCUT2D eigenvalue weighted by Gasteiger charge is 2.38. The number of halogens is 2. The van der Waals surface area contributed by atoms with Gasteiger partial charge in [-0.2, -0.15) is 0 Å². The van der Waals surface area contributed by atoms with Crippen LogP contribution in [0.5, 0.6) is 0 Å². The predicted octanol–water partition coefficient (Wildman–Crippen LogP) is 2.82. The SMILES string of the molecule is O=C1CS(=O)C(c2ccc(F)c(Br)c2)N1CCc1ccccn1. The van der Waals surface area contributed by atoms with Crippen molar-refractivity contribution in [1.82, 2.24) is 9.88 Å². The van der Waals surface area contributed by atoms with E-state index in [2.05, 4.69) is 20.9 Å². The van der Waals surface area contributed by atoms with Gasteiger partial charge in [0.1, 0.15) is 16.9 Å². The fraction of sp³-hybridized carbons (Fsp3) is 0.250. The van der Waals surface area contributed by atoms with Gasteiger partial charge >= 0.3 is 0 Å². The summed E-state index contributed by atoms with van der Waals surface area (Å²) in [7, 11) is -1.33. The maximum Gasteiger partial charge on any atom is 0.236 e. The van der Waals surface area contributed by atoms with Crippen molar-refractivity contribution in [3.05, 3.63) is 64.1 Å². The summed E-state index contributed by atoms with van der Waals surface area (Å²) in [6.07, 6.45) is 2.29. The van der Waals surface area contributed by atoms with E-state index in [9.17, 15) is 13.4 Å². The summed E-state index contributed by atoms with van der Waals surface area (Å²) in [6, 6.07) is 10.1. The van der Waals surface area contributed by atoms with E-state index in [1.165, 1.54) is 6.07 Å². The van der Waals surface area contributed by atoms with Crippen LogP contribution >= 0.6 is 15.9 Å². The van der Waals surface area contributed by atoms with Gasteiger partial charge in [0.05, 0.1) is 15.3 Å². The second-order valence-corrected chi connectivity index (χ2v) is 7.56. The molecule has 23 heavy (non-hydrogen) atoms. The zero-order valence-corrected chi connectivity index (χ0v) is 14.5. The quantitative estimate of drug-likeness (QED) is 0.798. The molecule has 0 spiro atoms. The summed E-state index contributed by atoms with van der Waals surface area (Å²) in [6.45, 7) is 0.432. The van der Waals surface area contributed by atoms with Crippen molar-refractivity contribution in [2.24, 2.45) is 0 Å². The average Bonchev–Trinajstić information content (AvgIpc) is 2.83. The van der Waals surface area contributed by atoms with Crippen LogP contribution in [-0.4, -0.2) is 32.3 Å². The van der Waals surface area contributed by atoms with Crippen molar-refractivity contribution in [2.75, 3.05) is 12.3 Å². The summed E-state index contributed by atoms with van der Waals surface area (Å²) in [5.74, 6) is -0.532. The summed E-state index contributed by atoms with van der Waals surface area (Å²) >= 11 is 3.14. The largest absolute Gasteiger partial charge is 0.323 e. The maximum atomic E-state index is 13.4. The summed E-state index contributed by atoms with van der Waals surface area (Å²) in [5.41, 5.74) is 1.54. The van der Waals surface area contributed by atoms with Crippen LogP contribution in [0.1, 0.15) is 16.6 Å². The third kappa shape index (κ3) is 3.50. The lowest BCUT2D eigenvalue weighted by atomic mass is 10.2.